The second kappa shape index (κ2) is 3.80. The third kappa shape index (κ3) is 2.01. The van der Waals surface area contributed by atoms with Crippen molar-refractivity contribution < 1.29 is 16.8 Å². The van der Waals surface area contributed by atoms with Crippen molar-refractivity contribution in [2.75, 3.05) is 23.0 Å². The summed E-state index contributed by atoms with van der Waals surface area (Å²) in [5.41, 5.74) is 0. The van der Waals surface area contributed by atoms with Gasteiger partial charge in [-0.1, -0.05) is 0 Å². The van der Waals surface area contributed by atoms with Gasteiger partial charge in [0.15, 0.2) is 24.8 Å². The Morgan fingerprint density at radius 1 is 1.11 bits per heavy atom. The van der Waals surface area contributed by atoms with Crippen LogP contribution in [-0.2, 0) is 19.7 Å². The fourth-order valence-electron chi connectivity index (χ4n) is 3.06. The van der Waals surface area contributed by atoms with E-state index >= 15 is 0 Å². The van der Waals surface area contributed by atoms with Crippen LogP contribution in [-0.4, -0.2) is 68.0 Å². The Hall–Kier alpha value is -0.410. The molecule has 0 saturated carbocycles. The second-order valence-electron chi connectivity index (χ2n) is 5.16. The van der Waals surface area contributed by atoms with Crippen LogP contribution in [0.2, 0.25) is 0 Å². The zero-order valence-corrected chi connectivity index (χ0v) is 12.0. The van der Waals surface area contributed by atoms with Crippen LogP contribution in [0.3, 0.4) is 0 Å². The van der Waals surface area contributed by atoms with Gasteiger partial charge in [0.2, 0.25) is 0 Å². The maximum atomic E-state index is 11.6. The maximum absolute atomic E-state index is 11.6. The van der Waals surface area contributed by atoms with E-state index in [9.17, 15) is 16.8 Å². The summed E-state index contributed by atoms with van der Waals surface area (Å²) < 4.78 is 46.3. The largest absolute Gasteiger partial charge is 0.357 e. The van der Waals surface area contributed by atoms with Gasteiger partial charge in [-0.15, -0.1) is 0 Å². The highest BCUT2D eigenvalue weighted by atomic mass is 32.2. The van der Waals surface area contributed by atoms with Crippen LogP contribution in [0, 0.1) is 0 Å². The molecule has 0 spiro atoms. The van der Waals surface area contributed by atoms with Crippen molar-refractivity contribution in [2.45, 2.75) is 24.5 Å². The molecular formula is C9H14N2O4S3. The van der Waals surface area contributed by atoms with Gasteiger partial charge in [-0.25, -0.2) is 16.8 Å². The average molecular weight is 310 g/mol. The Bertz CT molecular complexity index is 597. The van der Waals surface area contributed by atoms with Crippen molar-refractivity contribution >= 4 is 37.0 Å². The minimum absolute atomic E-state index is 0.0708. The summed E-state index contributed by atoms with van der Waals surface area (Å²) >= 11 is 5.21. The van der Waals surface area contributed by atoms with Crippen LogP contribution in [0.15, 0.2) is 0 Å². The molecule has 102 valence electrons. The quantitative estimate of drug-likeness (QED) is 0.592. The summed E-state index contributed by atoms with van der Waals surface area (Å²) in [4.78, 5) is 1.81. The zero-order valence-electron chi connectivity index (χ0n) is 9.57. The van der Waals surface area contributed by atoms with Gasteiger partial charge in [-0.2, -0.15) is 0 Å². The van der Waals surface area contributed by atoms with Gasteiger partial charge in [0, 0.05) is 6.04 Å². The van der Waals surface area contributed by atoms with Crippen molar-refractivity contribution in [3.05, 3.63) is 0 Å². The van der Waals surface area contributed by atoms with E-state index < -0.39 is 19.7 Å². The second-order valence-corrected chi connectivity index (χ2v) is 9.93. The molecule has 0 aromatic heterocycles. The van der Waals surface area contributed by atoms with Gasteiger partial charge in [-0.3, -0.25) is 0 Å². The zero-order chi connectivity index (χ0) is 13.1. The number of fused-ring (bicyclic) bond motifs is 1. The summed E-state index contributed by atoms with van der Waals surface area (Å²) in [6.45, 7) is 0. The lowest BCUT2D eigenvalue weighted by Gasteiger charge is -2.28. The first-order chi connectivity index (χ1) is 8.27. The van der Waals surface area contributed by atoms with Crippen molar-refractivity contribution in [3.63, 3.8) is 0 Å². The molecule has 0 aromatic rings. The SMILES string of the molecule is O=S1(=O)CC[C@H](N2C(=S)N[C@H]3CS(=O)(=O)C[C@H]32)C1. The third-order valence-corrected chi connectivity index (χ3v) is 7.62. The summed E-state index contributed by atoms with van der Waals surface area (Å²) in [5, 5.41) is 3.51. The smallest absolute Gasteiger partial charge is 0.169 e. The normalized spacial score (nSPS) is 40.8. The lowest BCUT2D eigenvalue weighted by Crippen LogP contribution is -2.45. The number of hydrogen-bond acceptors (Lipinski definition) is 5. The Labute approximate surface area is 112 Å². The fraction of sp³-hybridized carbons (Fsp3) is 0.889. The van der Waals surface area contributed by atoms with E-state index in [0.717, 1.165) is 0 Å². The molecule has 18 heavy (non-hydrogen) atoms. The van der Waals surface area contributed by atoms with Crippen LogP contribution in [0.1, 0.15) is 6.42 Å². The minimum atomic E-state index is -3.03. The molecule has 0 unspecified atom stereocenters. The van der Waals surface area contributed by atoms with Gasteiger partial charge in [0.25, 0.3) is 0 Å². The maximum Gasteiger partial charge on any atom is 0.169 e. The highest BCUT2D eigenvalue weighted by Gasteiger charge is 2.50. The monoisotopic (exact) mass is 310 g/mol. The van der Waals surface area contributed by atoms with Crippen LogP contribution < -0.4 is 5.32 Å². The molecule has 6 nitrogen and oxygen atoms in total. The van der Waals surface area contributed by atoms with Gasteiger partial charge in [0.05, 0.1) is 35.1 Å². The van der Waals surface area contributed by atoms with Crippen molar-refractivity contribution in [2.24, 2.45) is 0 Å². The topological polar surface area (TPSA) is 83.6 Å². The van der Waals surface area contributed by atoms with Gasteiger partial charge in [-0.05, 0) is 18.6 Å². The summed E-state index contributed by atoms with van der Waals surface area (Å²) in [6.07, 6.45) is 0.535. The summed E-state index contributed by atoms with van der Waals surface area (Å²) in [6, 6.07) is -0.537. The molecule has 0 aromatic carbocycles. The van der Waals surface area contributed by atoms with Gasteiger partial charge in [0.1, 0.15) is 0 Å². The molecule has 3 aliphatic heterocycles. The van der Waals surface area contributed by atoms with Crippen LogP contribution in [0.4, 0.5) is 0 Å². The lowest BCUT2D eigenvalue weighted by molar-refractivity contribution is 0.289. The van der Waals surface area contributed by atoms with Crippen molar-refractivity contribution in [3.8, 4) is 0 Å². The van der Waals surface area contributed by atoms with E-state index in [-0.39, 0.29) is 41.1 Å². The van der Waals surface area contributed by atoms with E-state index in [4.69, 9.17) is 12.2 Å². The third-order valence-electron chi connectivity index (χ3n) is 3.83. The van der Waals surface area contributed by atoms with Crippen LogP contribution >= 0.6 is 12.2 Å². The molecule has 9 heteroatoms. The number of thiocarbonyl (C=S) groups is 1. The molecule has 3 heterocycles. The molecule has 3 fully saturated rings. The minimum Gasteiger partial charge on any atom is -0.357 e. The lowest BCUT2D eigenvalue weighted by atomic mass is 10.1. The van der Waals surface area contributed by atoms with Crippen molar-refractivity contribution in [1.82, 2.24) is 10.2 Å². The molecule has 3 aliphatic rings. The van der Waals surface area contributed by atoms with Gasteiger partial charge >= 0.3 is 0 Å². The first kappa shape index (κ1) is 12.6. The number of nitrogens with one attached hydrogen (secondary N) is 1. The molecule has 0 aliphatic carbocycles. The number of nitrogens with zero attached hydrogens (tertiary/aromatic N) is 1. The van der Waals surface area contributed by atoms with E-state index in [1.165, 1.54) is 0 Å². The van der Waals surface area contributed by atoms with Crippen LogP contribution in [0.5, 0.6) is 0 Å². The Balaban J connectivity index is 1.86. The molecular weight excluding hydrogens is 296 g/mol. The predicted molar refractivity (Wildman–Crippen MR) is 70.9 cm³/mol. The highest BCUT2D eigenvalue weighted by molar-refractivity contribution is 7.92. The molecule has 0 amide bonds. The number of hydrogen-bond donors (Lipinski definition) is 1. The van der Waals surface area contributed by atoms with Crippen molar-refractivity contribution in [1.29, 1.82) is 0 Å². The summed E-state index contributed by atoms with van der Waals surface area (Å²) in [7, 11) is -6.03. The fourth-order valence-corrected chi connectivity index (χ4v) is 7.11. The van der Waals surface area contributed by atoms with E-state index in [0.29, 0.717) is 11.5 Å². The summed E-state index contributed by atoms with van der Waals surface area (Å²) in [5.74, 6) is 0.411. The van der Waals surface area contributed by atoms with Gasteiger partial charge < -0.3 is 10.2 Å². The Morgan fingerprint density at radius 3 is 2.44 bits per heavy atom. The standard InChI is InChI=1S/C9H14N2O4S3/c12-17(13)2-1-6(3-17)11-8-5-18(14,15)4-7(8)10-9(11)16/h6-8H,1-5H2,(H,10,16)/t6-,7-,8+/m0/s1. The first-order valence-corrected chi connectivity index (χ1v) is 9.82. The molecule has 3 saturated heterocycles. The Morgan fingerprint density at radius 2 is 1.83 bits per heavy atom. The van der Waals surface area contributed by atoms with E-state index in [1.54, 1.807) is 0 Å². The van der Waals surface area contributed by atoms with E-state index in [2.05, 4.69) is 5.32 Å². The molecule has 3 atom stereocenters. The number of sulfone groups is 2. The highest BCUT2D eigenvalue weighted by Crippen LogP contribution is 2.30. The molecule has 0 radical (unpaired) electrons. The average Bonchev–Trinajstić information content (AvgIpc) is 2.75. The molecule has 3 rings (SSSR count). The molecule has 1 N–H and O–H groups in total. The number of rotatable bonds is 1. The van der Waals surface area contributed by atoms with E-state index in [1.807, 2.05) is 4.90 Å². The molecule has 0 bridgehead atoms. The van der Waals surface area contributed by atoms with Crippen LogP contribution in [0.25, 0.3) is 0 Å². The first-order valence-electron chi connectivity index (χ1n) is 5.77. The Kier molecular flexibility index (Phi) is 2.66. The predicted octanol–water partition coefficient (Wildman–Crippen LogP) is -1.47.